The van der Waals surface area contributed by atoms with Crippen molar-refractivity contribution in [3.8, 4) is 0 Å². The second-order valence-corrected chi connectivity index (χ2v) is 3.33. The molecule has 1 unspecified atom stereocenters. The summed E-state index contributed by atoms with van der Waals surface area (Å²) in [7, 11) is 0. The van der Waals surface area contributed by atoms with Crippen LogP contribution in [0.3, 0.4) is 0 Å². The molecule has 0 saturated heterocycles. The van der Waals surface area contributed by atoms with Crippen molar-refractivity contribution in [1.29, 1.82) is 0 Å². The molecule has 80 valence electrons. The summed E-state index contributed by atoms with van der Waals surface area (Å²) in [6.45, 7) is 8.36. The molecule has 0 aliphatic rings. The van der Waals surface area contributed by atoms with Gasteiger partial charge in [0, 0.05) is 0 Å². The zero-order chi connectivity index (χ0) is 11.5. The molecular formula is C11H10F3N. The van der Waals surface area contributed by atoms with Crippen LogP contribution in [0.1, 0.15) is 24.0 Å². The van der Waals surface area contributed by atoms with E-state index in [0.717, 1.165) is 6.07 Å². The van der Waals surface area contributed by atoms with Gasteiger partial charge < -0.3 is 4.85 Å². The highest BCUT2D eigenvalue weighted by molar-refractivity contribution is 5.32. The zero-order valence-electron chi connectivity index (χ0n) is 8.17. The Kier molecular flexibility index (Phi) is 3.35. The lowest BCUT2D eigenvalue weighted by molar-refractivity contribution is -0.138. The summed E-state index contributed by atoms with van der Waals surface area (Å²) in [4.78, 5) is 3.12. The fourth-order valence-electron chi connectivity index (χ4n) is 1.42. The van der Waals surface area contributed by atoms with Crippen molar-refractivity contribution < 1.29 is 13.2 Å². The van der Waals surface area contributed by atoms with Crippen LogP contribution in [0.25, 0.3) is 4.85 Å². The molecule has 15 heavy (non-hydrogen) atoms. The van der Waals surface area contributed by atoms with Crippen LogP contribution in [0.4, 0.5) is 13.2 Å². The highest BCUT2D eigenvalue weighted by Gasteiger charge is 2.34. The van der Waals surface area contributed by atoms with Gasteiger partial charge in [-0.05, 0) is 11.6 Å². The topological polar surface area (TPSA) is 4.36 Å². The van der Waals surface area contributed by atoms with E-state index in [1.54, 1.807) is 13.0 Å². The number of alkyl halides is 3. The minimum atomic E-state index is -4.34. The number of halogens is 3. The van der Waals surface area contributed by atoms with Crippen molar-refractivity contribution in [3.63, 3.8) is 0 Å². The Bertz CT molecular complexity index is 376. The Balaban J connectivity index is 3.13. The van der Waals surface area contributed by atoms with Crippen molar-refractivity contribution in [2.75, 3.05) is 6.54 Å². The van der Waals surface area contributed by atoms with Crippen molar-refractivity contribution in [2.24, 2.45) is 0 Å². The van der Waals surface area contributed by atoms with Crippen LogP contribution < -0.4 is 0 Å². The first-order chi connectivity index (χ1) is 6.96. The van der Waals surface area contributed by atoms with E-state index >= 15 is 0 Å². The van der Waals surface area contributed by atoms with Crippen LogP contribution in [0, 0.1) is 6.57 Å². The van der Waals surface area contributed by atoms with Gasteiger partial charge in [0.2, 0.25) is 6.54 Å². The number of nitrogens with zero attached hydrogens (tertiary/aromatic N) is 1. The van der Waals surface area contributed by atoms with Gasteiger partial charge in [0.05, 0.1) is 11.5 Å². The van der Waals surface area contributed by atoms with E-state index < -0.39 is 11.7 Å². The summed E-state index contributed by atoms with van der Waals surface area (Å²) in [5, 5.41) is 0. The third kappa shape index (κ3) is 2.72. The summed E-state index contributed by atoms with van der Waals surface area (Å²) < 4.78 is 37.7. The van der Waals surface area contributed by atoms with Crippen LogP contribution in [-0.2, 0) is 6.18 Å². The summed E-state index contributed by atoms with van der Waals surface area (Å²) in [5.74, 6) is -0.389. The normalized spacial score (nSPS) is 13.3. The molecule has 0 spiro atoms. The minimum absolute atomic E-state index is 0.0765. The molecule has 0 aromatic heterocycles. The van der Waals surface area contributed by atoms with Gasteiger partial charge in [-0.1, -0.05) is 25.1 Å². The average Bonchev–Trinajstić information content (AvgIpc) is 2.17. The van der Waals surface area contributed by atoms with Gasteiger partial charge in [-0.25, -0.2) is 6.57 Å². The van der Waals surface area contributed by atoms with E-state index in [9.17, 15) is 13.2 Å². The number of rotatable bonds is 2. The molecule has 4 heteroatoms. The van der Waals surface area contributed by atoms with Crippen LogP contribution in [0.15, 0.2) is 24.3 Å². The van der Waals surface area contributed by atoms with Gasteiger partial charge in [-0.3, -0.25) is 0 Å². The molecular weight excluding hydrogens is 203 g/mol. The number of hydrogen-bond donors (Lipinski definition) is 0. The molecule has 0 radical (unpaired) electrons. The van der Waals surface area contributed by atoms with Crippen molar-refractivity contribution in [2.45, 2.75) is 19.0 Å². The average molecular weight is 213 g/mol. The predicted molar refractivity (Wildman–Crippen MR) is 51.3 cm³/mol. The van der Waals surface area contributed by atoms with Gasteiger partial charge >= 0.3 is 6.18 Å². The summed E-state index contributed by atoms with van der Waals surface area (Å²) in [5.41, 5.74) is -0.442. The molecule has 0 aliphatic carbocycles. The summed E-state index contributed by atoms with van der Waals surface area (Å²) in [6, 6.07) is 5.40. The molecule has 0 saturated carbocycles. The van der Waals surface area contributed by atoms with E-state index in [4.69, 9.17) is 6.57 Å². The van der Waals surface area contributed by atoms with Crippen LogP contribution in [-0.4, -0.2) is 6.54 Å². The van der Waals surface area contributed by atoms with E-state index in [-0.39, 0.29) is 18.0 Å². The molecule has 0 heterocycles. The van der Waals surface area contributed by atoms with Gasteiger partial charge in [-0.2, -0.15) is 13.2 Å². The third-order valence-electron chi connectivity index (χ3n) is 2.16. The first-order valence-electron chi connectivity index (χ1n) is 4.46. The Morgan fingerprint density at radius 3 is 2.47 bits per heavy atom. The van der Waals surface area contributed by atoms with Crippen molar-refractivity contribution in [3.05, 3.63) is 46.8 Å². The van der Waals surface area contributed by atoms with Crippen molar-refractivity contribution in [1.82, 2.24) is 0 Å². The van der Waals surface area contributed by atoms with E-state index in [1.807, 2.05) is 0 Å². The van der Waals surface area contributed by atoms with Gasteiger partial charge in [0.15, 0.2) is 0 Å². The molecule has 0 N–H and O–H groups in total. The second kappa shape index (κ2) is 4.35. The highest BCUT2D eigenvalue weighted by Crippen LogP contribution is 2.34. The summed E-state index contributed by atoms with van der Waals surface area (Å²) >= 11 is 0. The van der Waals surface area contributed by atoms with E-state index in [2.05, 4.69) is 4.85 Å². The first kappa shape index (κ1) is 11.6. The maximum Gasteiger partial charge on any atom is 0.416 e. The lowest BCUT2D eigenvalue weighted by atomic mass is 9.95. The standard InChI is InChI=1S/C11H10F3N/c1-8(7-15-2)9-5-3-4-6-10(9)11(12,13)14/h3-6,8H,7H2,1H3. The van der Waals surface area contributed by atoms with E-state index in [0.29, 0.717) is 0 Å². The molecule has 0 aliphatic heterocycles. The molecule has 1 aromatic carbocycles. The summed E-state index contributed by atoms with van der Waals surface area (Å²) in [6.07, 6.45) is -4.34. The van der Waals surface area contributed by atoms with Crippen LogP contribution in [0.5, 0.6) is 0 Å². The van der Waals surface area contributed by atoms with Crippen LogP contribution >= 0.6 is 0 Å². The smallest absolute Gasteiger partial charge is 0.316 e. The Labute approximate surface area is 86.4 Å². The maximum absolute atomic E-state index is 12.6. The number of hydrogen-bond acceptors (Lipinski definition) is 0. The van der Waals surface area contributed by atoms with Crippen LogP contribution in [0.2, 0.25) is 0 Å². The molecule has 1 nitrogen and oxygen atoms in total. The predicted octanol–water partition coefficient (Wildman–Crippen LogP) is 3.73. The quantitative estimate of drug-likeness (QED) is 0.659. The fourth-order valence-corrected chi connectivity index (χ4v) is 1.42. The SMILES string of the molecule is [C-]#[N+]CC(C)c1ccccc1C(F)(F)F. The Hall–Kier alpha value is -1.50. The first-order valence-corrected chi connectivity index (χ1v) is 4.46. The highest BCUT2D eigenvalue weighted by atomic mass is 19.4. The van der Waals surface area contributed by atoms with Gasteiger partial charge in [0.25, 0.3) is 0 Å². The third-order valence-corrected chi connectivity index (χ3v) is 2.16. The van der Waals surface area contributed by atoms with E-state index in [1.165, 1.54) is 12.1 Å². The molecule has 0 bridgehead atoms. The van der Waals surface area contributed by atoms with Gasteiger partial charge in [-0.15, -0.1) is 0 Å². The second-order valence-electron chi connectivity index (χ2n) is 3.33. The Morgan fingerprint density at radius 1 is 1.33 bits per heavy atom. The Morgan fingerprint density at radius 2 is 1.93 bits per heavy atom. The van der Waals surface area contributed by atoms with Gasteiger partial charge in [0.1, 0.15) is 0 Å². The molecule has 1 atom stereocenters. The zero-order valence-corrected chi connectivity index (χ0v) is 8.17. The lowest BCUT2D eigenvalue weighted by Gasteiger charge is -2.14. The lowest BCUT2D eigenvalue weighted by Crippen LogP contribution is -2.11. The van der Waals surface area contributed by atoms with Crippen molar-refractivity contribution >= 4 is 0 Å². The fraction of sp³-hybridized carbons (Fsp3) is 0.364. The molecule has 0 amide bonds. The molecule has 1 aromatic rings. The molecule has 0 fully saturated rings. The monoisotopic (exact) mass is 213 g/mol. The minimum Gasteiger partial charge on any atom is -0.316 e. The largest absolute Gasteiger partial charge is 0.416 e. The number of benzene rings is 1. The molecule has 1 rings (SSSR count). The maximum atomic E-state index is 12.6.